The van der Waals surface area contributed by atoms with E-state index in [-0.39, 0.29) is 11.4 Å². The molecule has 2 aromatic heterocycles. The van der Waals surface area contributed by atoms with Gasteiger partial charge in [-0.05, 0) is 0 Å². The van der Waals surface area contributed by atoms with Gasteiger partial charge in [-0.3, -0.25) is 4.68 Å². The molecule has 22 heavy (non-hydrogen) atoms. The quantitative estimate of drug-likeness (QED) is 0.810. The Morgan fingerprint density at radius 1 is 1.32 bits per heavy atom. The molecule has 0 saturated heterocycles. The van der Waals surface area contributed by atoms with Gasteiger partial charge in [0, 0.05) is 23.9 Å². The summed E-state index contributed by atoms with van der Waals surface area (Å²) in [5, 5.41) is 3.63. The van der Waals surface area contributed by atoms with Gasteiger partial charge in [-0.15, -0.1) is 0 Å². The van der Waals surface area contributed by atoms with Crippen molar-refractivity contribution < 1.29 is 27.4 Å². The molecule has 0 unspecified atom stereocenters. The Morgan fingerprint density at radius 3 is 2.64 bits per heavy atom. The van der Waals surface area contributed by atoms with Crippen LogP contribution in [0.1, 0.15) is 10.5 Å². The fourth-order valence-corrected chi connectivity index (χ4v) is 1.75. The fraction of sp³-hybridized carbons (Fsp3) is 0.308. The van der Waals surface area contributed by atoms with Crippen LogP contribution in [0.25, 0.3) is 11.3 Å². The Morgan fingerprint density at radius 2 is 2.05 bits per heavy atom. The number of pyridine rings is 1. The number of methoxy groups -OCH3 is 2. The lowest BCUT2D eigenvalue weighted by Crippen LogP contribution is -2.17. The summed E-state index contributed by atoms with van der Waals surface area (Å²) >= 11 is 0. The van der Waals surface area contributed by atoms with Gasteiger partial charge in [-0.2, -0.15) is 18.3 Å². The number of rotatable bonds is 4. The van der Waals surface area contributed by atoms with E-state index in [0.717, 1.165) is 4.68 Å². The van der Waals surface area contributed by atoms with E-state index in [1.165, 1.54) is 38.7 Å². The maximum atomic E-state index is 12.3. The van der Waals surface area contributed by atoms with Gasteiger partial charge in [-0.25, -0.2) is 9.78 Å². The first-order chi connectivity index (χ1) is 10.3. The van der Waals surface area contributed by atoms with Crippen molar-refractivity contribution in [3.8, 4) is 17.0 Å². The van der Waals surface area contributed by atoms with E-state index < -0.39 is 18.7 Å². The number of aromatic nitrogens is 3. The molecule has 0 spiro atoms. The minimum atomic E-state index is -4.37. The molecule has 118 valence electrons. The van der Waals surface area contributed by atoms with Crippen LogP contribution in [0.3, 0.4) is 0 Å². The average molecular weight is 315 g/mol. The van der Waals surface area contributed by atoms with Gasteiger partial charge < -0.3 is 9.47 Å². The molecule has 0 radical (unpaired) electrons. The molecule has 0 atom stereocenters. The smallest absolute Gasteiger partial charge is 0.408 e. The molecule has 0 aliphatic carbocycles. The Hall–Kier alpha value is -2.58. The molecule has 0 N–H and O–H groups in total. The van der Waals surface area contributed by atoms with Crippen LogP contribution in [0.4, 0.5) is 13.2 Å². The Kier molecular flexibility index (Phi) is 4.34. The number of alkyl halides is 3. The molecule has 0 amide bonds. The highest BCUT2D eigenvalue weighted by Crippen LogP contribution is 2.24. The minimum Gasteiger partial charge on any atom is -0.497 e. The molecule has 9 heteroatoms. The average Bonchev–Trinajstić information content (AvgIpc) is 2.92. The van der Waals surface area contributed by atoms with Crippen LogP contribution in [0.2, 0.25) is 0 Å². The lowest BCUT2D eigenvalue weighted by Gasteiger charge is -2.06. The monoisotopic (exact) mass is 315 g/mol. The van der Waals surface area contributed by atoms with Gasteiger partial charge in [0.05, 0.1) is 26.1 Å². The number of carbonyl (C=O) groups is 1. The predicted molar refractivity (Wildman–Crippen MR) is 69.4 cm³/mol. The zero-order valence-corrected chi connectivity index (χ0v) is 11.7. The molecular formula is C13H12F3N3O3. The number of carbonyl (C=O) groups excluding carboxylic acids is 1. The summed E-state index contributed by atoms with van der Waals surface area (Å²) in [6.07, 6.45) is -1.95. The maximum Gasteiger partial charge on any atom is 0.408 e. The summed E-state index contributed by atoms with van der Waals surface area (Å²) in [6, 6.07) is 2.86. The second-order valence-electron chi connectivity index (χ2n) is 4.31. The number of ether oxygens (including phenoxy) is 2. The van der Waals surface area contributed by atoms with Gasteiger partial charge in [0.1, 0.15) is 12.3 Å². The number of hydrogen-bond acceptors (Lipinski definition) is 5. The molecule has 2 heterocycles. The summed E-state index contributed by atoms with van der Waals surface area (Å²) in [6.45, 7) is -1.21. The van der Waals surface area contributed by atoms with Crippen molar-refractivity contribution >= 4 is 5.97 Å². The number of nitrogens with zero attached hydrogens (tertiary/aromatic N) is 3. The topological polar surface area (TPSA) is 66.2 Å². The zero-order valence-electron chi connectivity index (χ0n) is 11.7. The van der Waals surface area contributed by atoms with Crippen molar-refractivity contribution in [3.63, 3.8) is 0 Å². The van der Waals surface area contributed by atoms with Crippen LogP contribution >= 0.6 is 0 Å². The second kappa shape index (κ2) is 6.04. The summed E-state index contributed by atoms with van der Waals surface area (Å²) < 4.78 is 47.3. The molecule has 0 aromatic carbocycles. The highest BCUT2D eigenvalue weighted by molar-refractivity contribution is 5.88. The van der Waals surface area contributed by atoms with Gasteiger partial charge in [0.25, 0.3) is 0 Å². The van der Waals surface area contributed by atoms with Crippen molar-refractivity contribution in [2.75, 3.05) is 14.2 Å². The third-order valence-corrected chi connectivity index (χ3v) is 2.70. The molecule has 0 saturated carbocycles. The molecule has 2 aromatic rings. The highest BCUT2D eigenvalue weighted by Gasteiger charge is 2.28. The van der Waals surface area contributed by atoms with E-state index >= 15 is 0 Å². The van der Waals surface area contributed by atoms with E-state index in [0.29, 0.717) is 11.3 Å². The second-order valence-corrected chi connectivity index (χ2v) is 4.31. The molecule has 0 bridgehead atoms. The van der Waals surface area contributed by atoms with Crippen LogP contribution in [0.15, 0.2) is 24.5 Å². The highest BCUT2D eigenvalue weighted by atomic mass is 19.4. The fourth-order valence-electron chi connectivity index (χ4n) is 1.75. The number of hydrogen-bond donors (Lipinski definition) is 0. The number of halogens is 3. The van der Waals surface area contributed by atoms with E-state index in [2.05, 4.69) is 14.8 Å². The van der Waals surface area contributed by atoms with E-state index in [1.54, 1.807) is 0 Å². The van der Waals surface area contributed by atoms with Gasteiger partial charge in [0.2, 0.25) is 0 Å². The molecule has 0 aliphatic rings. The normalized spacial score (nSPS) is 11.3. The van der Waals surface area contributed by atoms with Crippen LogP contribution in [-0.2, 0) is 11.3 Å². The van der Waals surface area contributed by atoms with Gasteiger partial charge in [0.15, 0.2) is 5.69 Å². The first-order valence-electron chi connectivity index (χ1n) is 6.06. The van der Waals surface area contributed by atoms with E-state index in [9.17, 15) is 18.0 Å². The Bertz CT molecular complexity index is 683. The SMILES string of the molecule is COC(=O)c1cc(OC)cc(-c2cnn(CC(F)(F)F)c2)n1. The summed E-state index contributed by atoms with van der Waals surface area (Å²) in [4.78, 5) is 15.6. The summed E-state index contributed by atoms with van der Waals surface area (Å²) in [5.41, 5.74) is 0.571. The third-order valence-electron chi connectivity index (χ3n) is 2.70. The summed E-state index contributed by atoms with van der Waals surface area (Å²) in [5.74, 6) is -0.350. The Balaban J connectivity index is 2.37. The van der Waals surface area contributed by atoms with Crippen LogP contribution in [0, 0.1) is 0 Å². The Labute approximate surface area is 123 Å². The third kappa shape index (κ3) is 3.74. The zero-order chi connectivity index (χ0) is 16.3. The van der Waals surface area contributed by atoms with Crippen LogP contribution in [0.5, 0.6) is 5.75 Å². The molecule has 0 fully saturated rings. The van der Waals surface area contributed by atoms with Crippen molar-refractivity contribution in [2.24, 2.45) is 0 Å². The lowest BCUT2D eigenvalue weighted by atomic mass is 10.2. The van der Waals surface area contributed by atoms with E-state index in [1.807, 2.05) is 0 Å². The van der Waals surface area contributed by atoms with E-state index in [4.69, 9.17) is 4.74 Å². The molecule has 6 nitrogen and oxygen atoms in total. The van der Waals surface area contributed by atoms with Crippen molar-refractivity contribution in [3.05, 3.63) is 30.2 Å². The maximum absolute atomic E-state index is 12.3. The van der Waals surface area contributed by atoms with Gasteiger partial charge >= 0.3 is 12.1 Å². The minimum absolute atomic E-state index is 0.0135. The molecule has 0 aliphatic heterocycles. The van der Waals surface area contributed by atoms with Crippen molar-refractivity contribution in [1.29, 1.82) is 0 Å². The molecular weight excluding hydrogens is 303 g/mol. The lowest BCUT2D eigenvalue weighted by molar-refractivity contribution is -0.142. The van der Waals surface area contributed by atoms with Crippen LogP contribution < -0.4 is 4.74 Å². The van der Waals surface area contributed by atoms with Crippen LogP contribution in [-0.4, -0.2) is 41.1 Å². The first kappa shape index (κ1) is 15.8. The number of esters is 1. The van der Waals surface area contributed by atoms with Gasteiger partial charge in [-0.1, -0.05) is 0 Å². The first-order valence-corrected chi connectivity index (χ1v) is 6.06. The largest absolute Gasteiger partial charge is 0.497 e. The van der Waals surface area contributed by atoms with Crippen molar-refractivity contribution in [2.45, 2.75) is 12.7 Å². The molecule has 2 rings (SSSR count). The standard InChI is InChI=1S/C13H12F3N3O3/c1-21-9-3-10(18-11(4-9)12(20)22-2)8-5-17-19(6-8)7-13(14,15)16/h3-6H,7H2,1-2H3. The summed E-state index contributed by atoms with van der Waals surface area (Å²) in [7, 11) is 2.60. The van der Waals surface area contributed by atoms with Crippen molar-refractivity contribution in [1.82, 2.24) is 14.8 Å². The predicted octanol–water partition coefficient (Wildman–Crippen LogP) is 2.30.